The predicted octanol–water partition coefficient (Wildman–Crippen LogP) is 7.29. The normalized spacial score (nSPS) is 28.2. The van der Waals surface area contributed by atoms with Crippen LogP contribution in [0.4, 0.5) is 0 Å². The van der Waals surface area contributed by atoms with Gasteiger partial charge in [-0.1, -0.05) is 75.7 Å². The van der Waals surface area contributed by atoms with Crippen LogP contribution in [0.5, 0.6) is 0 Å². The Kier molecular flexibility index (Phi) is 7.13. The average molecular weight is 529 g/mol. The highest BCUT2D eigenvalue weighted by molar-refractivity contribution is 9.10. The lowest BCUT2D eigenvalue weighted by Crippen LogP contribution is -2.53. The minimum Gasteiger partial charge on any atom is -0.410 e. The molecule has 0 amide bonds. The molecule has 0 aliphatic carbocycles. The fourth-order valence-electron chi connectivity index (χ4n) is 3.88. The quantitative estimate of drug-likeness (QED) is 0.376. The minimum atomic E-state index is -1.96. The van der Waals surface area contributed by atoms with Gasteiger partial charge in [-0.25, -0.2) is 0 Å². The van der Waals surface area contributed by atoms with Gasteiger partial charge < -0.3 is 8.85 Å². The molecule has 4 nitrogen and oxygen atoms in total. The monoisotopic (exact) mass is 527 g/mol. The summed E-state index contributed by atoms with van der Waals surface area (Å²) < 4.78 is 15.1. The van der Waals surface area contributed by atoms with Crippen LogP contribution in [0.15, 0.2) is 28.7 Å². The van der Waals surface area contributed by atoms with Crippen LogP contribution in [-0.4, -0.2) is 46.5 Å². The Morgan fingerprint density at radius 3 is 2.03 bits per heavy atom. The Morgan fingerprint density at radius 1 is 0.935 bits per heavy atom. The van der Waals surface area contributed by atoms with E-state index in [9.17, 15) is 0 Å². The summed E-state index contributed by atoms with van der Waals surface area (Å²) in [5.41, 5.74) is 1.21. The molecule has 4 atom stereocenters. The van der Waals surface area contributed by atoms with Gasteiger partial charge >= 0.3 is 0 Å². The van der Waals surface area contributed by atoms with Gasteiger partial charge in [0.05, 0.1) is 24.8 Å². The molecular formula is C24H42BrNO3Si2. The second-order valence-electron chi connectivity index (χ2n) is 12.3. The van der Waals surface area contributed by atoms with Crippen LogP contribution >= 0.6 is 15.9 Å². The van der Waals surface area contributed by atoms with E-state index in [0.29, 0.717) is 0 Å². The lowest BCUT2D eigenvalue weighted by Gasteiger charge is -2.43. The van der Waals surface area contributed by atoms with Crippen LogP contribution in [-0.2, 0) is 13.7 Å². The summed E-state index contributed by atoms with van der Waals surface area (Å²) in [7, 11) is -3.89. The number of hydrogen-bond acceptors (Lipinski definition) is 4. The van der Waals surface area contributed by atoms with Gasteiger partial charge in [0.25, 0.3) is 0 Å². The largest absolute Gasteiger partial charge is 0.410 e. The molecule has 2 saturated heterocycles. The summed E-state index contributed by atoms with van der Waals surface area (Å²) in [6.45, 7) is 24.0. The van der Waals surface area contributed by atoms with E-state index in [1.165, 1.54) is 5.56 Å². The molecule has 1 aromatic carbocycles. The number of halogens is 1. The van der Waals surface area contributed by atoms with Crippen molar-refractivity contribution in [2.24, 2.45) is 0 Å². The smallest absolute Gasteiger partial charge is 0.192 e. The molecule has 2 aliphatic heterocycles. The highest BCUT2D eigenvalue weighted by Gasteiger charge is 2.55. The van der Waals surface area contributed by atoms with Gasteiger partial charge in [-0.05, 0) is 47.9 Å². The first-order chi connectivity index (χ1) is 14.0. The van der Waals surface area contributed by atoms with E-state index in [1.807, 2.05) is 0 Å². The molecule has 0 bridgehead atoms. The summed E-state index contributed by atoms with van der Waals surface area (Å²) in [4.78, 5) is 6.49. The fourth-order valence-corrected chi connectivity index (χ4v) is 7.08. The third-order valence-corrected chi connectivity index (χ3v) is 17.6. The Morgan fingerprint density at radius 2 is 1.48 bits per heavy atom. The molecule has 0 N–H and O–H groups in total. The highest BCUT2D eigenvalue weighted by atomic mass is 79.9. The summed E-state index contributed by atoms with van der Waals surface area (Å²) in [6, 6.07) is 8.61. The molecule has 7 heteroatoms. The fraction of sp³-hybridized carbons (Fsp3) is 0.750. The van der Waals surface area contributed by atoms with Crippen molar-refractivity contribution >= 4 is 32.6 Å². The maximum atomic E-state index is 7.07. The van der Waals surface area contributed by atoms with E-state index in [2.05, 4.69) is 113 Å². The number of hydroxylamine groups is 2. The van der Waals surface area contributed by atoms with E-state index >= 15 is 0 Å². The van der Waals surface area contributed by atoms with Crippen LogP contribution in [0.1, 0.15) is 59.6 Å². The van der Waals surface area contributed by atoms with E-state index in [1.54, 1.807) is 0 Å². The molecule has 0 radical (unpaired) electrons. The highest BCUT2D eigenvalue weighted by Crippen LogP contribution is 2.47. The van der Waals surface area contributed by atoms with Gasteiger partial charge in [0, 0.05) is 10.9 Å². The topological polar surface area (TPSA) is 30.9 Å². The second kappa shape index (κ2) is 8.64. The van der Waals surface area contributed by atoms with Crippen molar-refractivity contribution in [1.82, 2.24) is 5.06 Å². The van der Waals surface area contributed by atoms with E-state index in [0.717, 1.165) is 17.4 Å². The Hall–Kier alpha value is -0.0262. The van der Waals surface area contributed by atoms with Crippen LogP contribution < -0.4 is 0 Å². The number of nitrogens with zero attached hydrogens (tertiary/aromatic N) is 1. The molecule has 0 spiro atoms. The van der Waals surface area contributed by atoms with Crippen LogP contribution in [0.2, 0.25) is 36.3 Å². The number of rotatable bonds is 5. The maximum absolute atomic E-state index is 7.07. The van der Waals surface area contributed by atoms with Crippen LogP contribution in [0, 0.1) is 0 Å². The van der Waals surface area contributed by atoms with E-state index in [-0.39, 0.29) is 34.4 Å². The molecule has 2 aliphatic rings. The molecular weight excluding hydrogens is 486 g/mol. The van der Waals surface area contributed by atoms with Crippen molar-refractivity contribution in [2.75, 3.05) is 6.54 Å². The molecule has 0 aromatic heterocycles. The van der Waals surface area contributed by atoms with Gasteiger partial charge in [0.15, 0.2) is 16.6 Å². The molecule has 2 fully saturated rings. The van der Waals surface area contributed by atoms with Gasteiger partial charge in [-0.3, -0.25) is 4.84 Å². The van der Waals surface area contributed by atoms with Crippen molar-refractivity contribution in [3.05, 3.63) is 34.3 Å². The number of fused-ring (bicyclic) bond motifs is 1. The Balaban J connectivity index is 1.87. The number of hydrogen-bond donors (Lipinski definition) is 0. The van der Waals surface area contributed by atoms with Crippen LogP contribution in [0.3, 0.4) is 0 Å². The lowest BCUT2D eigenvalue weighted by atomic mass is 10.00. The van der Waals surface area contributed by atoms with Crippen molar-refractivity contribution in [3.8, 4) is 0 Å². The predicted molar refractivity (Wildman–Crippen MR) is 137 cm³/mol. The number of benzene rings is 1. The van der Waals surface area contributed by atoms with Gasteiger partial charge in [0.1, 0.15) is 6.10 Å². The minimum absolute atomic E-state index is 0.0440. The zero-order valence-corrected chi connectivity index (χ0v) is 24.7. The third kappa shape index (κ3) is 5.23. The van der Waals surface area contributed by atoms with Gasteiger partial charge in [0.2, 0.25) is 0 Å². The molecule has 31 heavy (non-hydrogen) atoms. The van der Waals surface area contributed by atoms with Crippen molar-refractivity contribution < 1.29 is 13.7 Å². The Bertz CT molecular complexity index is 788. The molecule has 1 aromatic rings. The average Bonchev–Trinajstić information content (AvgIpc) is 3.12. The molecule has 176 valence electrons. The van der Waals surface area contributed by atoms with Crippen molar-refractivity contribution in [1.29, 1.82) is 0 Å². The molecule has 2 heterocycles. The van der Waals surface area contributed by atoms with Crippen molar-refractivity contribution in [2.45, 2.75) is 109 Å². The standard InChI is InChI=1S/C24H42BrNO3Si2/c1-23(2,3)30(7,8)28-21-16-26-19(22(21)29-31(9,10)24(4,5)6)15-20(27-26)17-13-11-12-14-18(17)25/h11-14,19-22H,15-16H2,1-10H3/t19-,20-,21-,22-/m0/s1. The third-order valence-electron chi connectivity index (χ3n) is 7.93. The zero-order valence-electron chi connectivity index (χ0n) is 21.1. The molecule has 0 saturated carbocycles. The summed E-state index contributed by atoms with van der Waals surface area (Å²) in [5.74, 6) is 0. The van der Waals surface area contributed by atoms with Crippen molar-refractivity contribution in [3.63, 3.8) is 0 Å². The first-order valence-electron chi connectivity index (χ1n) is 11.6. The van der Waals surface area contributed by atoms with Crippen LogP contribution in [0.25, 0.3) is 0 Å². The second-order valence-corrected chi connectivity index (χ2v) is 22.6. The zero-order chi connectivity index (χ0) is 23.4. The summed E-state index contributed by atoms with van der Waals surface area (Å²) in [5, 5.41) is 2.49. The van der Waals surface area contributed by atoms with E-state index < -0.39 is 16.6 Å². The molecule has 3 rings (SSSR count). The SMILES string of the molecule is CC(C)(C)[Si](C)(C)O[C@@H]1[C@@H](O[Si](C)(C)C(C)(C)C)CN2O[C@H](c3ccccc3Br)C[C@@H]12. The first-order valence-corrected chi connectivity index (χ1v) is 18.2. The lowest BCUT2D eigenvalue weighted by molar-refractivity contribution is -0.155. The van der Waals surface area contributed by atoms with Gasteiger partial charge in [-0.15, -0.1) is 0 Å². The maximum Gasteiger partial charge on any atom is 0.192 e. The molecule has 0 unspecified atom stereocenters. The Labute approximate surface area is 200 Å². The summed E-state index contributed by atoms with van der Waals surface area (Å²) >= 11 is 3.71. The first kappa shape index (κ1) is 25.6. The van der Waals surface area contributed by atoms with E-state index in [4.69, 9.17) is 13.7 Å². The van der Waals surface area contributed by atoms with Gasteiger partial charge in [-0.2, -0.15) is 5.06 Å². The summed E-state index contributed by atoms with van der Waals surface area (Å²) in [6.07, 6.45) is 1.09.